The average molecular weight is 172 g/mol. The Morgan fingerprint density at radius 1 is 1.75 bits per heavy atom. The minimum Gasteiger partial charge on any atom is -0.389 e. The standard InChI is InChI=1S/C7H12N2O3/c1-2-7(10)3-4-8-5-6-9(11)12/h3-5,7,10H,2,6H2,1H3/b4-3-,8-5?. The summed E-state index contributed by atoms with van der Waals surface area (Å²) in [7, 11) is 0. The van der Waals surface area contributed by atoms with Crippen LogP contribution in [0.2, 0.25) is 0 Å². The van der Waals surface area contributed by atoms with Crippen molar-refractivity contribution in [2.24, 2.45) is 4.99 Å². The molecule has 0 radical (unpaired) electrons. The quantitative estimate of drug-likeness (QED) is 0.375. The van der Waals surface area contributed by atoms with Crippen LogP contribution in [0, 0.1) is 10.1 Å². The van der Waals surface area contributed by atoms with Gasteiger partial charge in [0.1, 0.15) is 0 Å². The molecule has 0 aromatic carbocycles. The Balaban J connectivity index is 3.59. The van der Waals surface area contributed by atoms with Crippen LogP contribution in [-0.2, 0) is 0 Å². The summed E-state index contributed by atoms with van der Waals surface area (Å²) in [5.41, 5.74) is 0. The highest BCUT2D eigenvalue weighted by Crippen LogP contribution is 1.90. The zero-order chi connectivity index (χ0) is 9.40. The van der Waals surface area contributed by atoms with E-state index in [-0.39, 0.29) is 6.54 Å². The smallest absolute Gasteiger partial charge is 0.238 e. The van der Waals surface area contributed by atoms with Gasteiger partial charge in [-0.05, 0) is 12.5 Å². The number of hydrogen-bond acceptors (Lipinski definition) is 4. The van der Waals surface area contributed by atoms with Gasteiger partial charge >= 0.3 is 0 Å². The van der Waals surface area contributed by atoms with Crippen LogP contribution in [0.1, 0.15) is 13.3 Å². The molecule has 5 heteroatoms. The van der Waals surface area contributed by atoms with Crippen LogP contribution in [0.15, 0.2) is 17.3 Å². The van der Waals surface area contributed by atoms with Crippen LogP contribution in [-0.4, -0.2) is 28.9 Å². The van der Waals surface area contributed by atoms with E-state index in [9.17, 15) is 10.1 Å². The Bertz CT molecular complexity index is 189. The fourth-order valence-corrected chi connectivity index (χ4v) is 0.460. The zero-order valence-electron chi connectivity index (χ0n) is 6.88. The SMILES string of the molecule is CCC(O)/C=C\N=CC[N+](=O)[O-]. The lowest BCUT2D eigenvalue weighted by Gasteiger charge is -1.95. The minimum atomic E-state index is -0.516. The van der Waals surface area contributed by atoms with Gasteiger partial charge in [0.05, 0.1) is 12.3 Å². The minimum absolute atomic E-state index is 0.285. The average Bonchev–Trinajstić information content (AvgIpc) is 2.03. The van der Waals surface area contributed by atoms with Crippen molar-refractivity contribution < 1.29 is 10.0 Å². The van der Waals surface area contributed by atoms with Gasteiger partial charge in [-0.3, -0.25) is 15.1 Å². The monoisotopic (exact) mass is 172 g/mol. The first-order valence-corrected chi connectivity index (χ1v) is 3.65. The summed E-state index contributed by atoms with van der Waals surface area (Å²) in [5, 5.41) is 18.8. The van der Waals surface area contributed by atoms with Crippen molar-refractivity contribution in [3.8, 4) is 0 Å². The second-order valence-electron chi connectivity index (χ2n) is 2.16. The van der Waals surface area contributed by atoms with E-state index in [1.54, 1.807) is 0 Å². The number of aliphatic hydroxyl groups is 1. The highest BCUT2D eigenvalue weighted by Gasteiger charge is 1.90. The lowest BCUT2D eigenvalue weighted by molar-refractivity contribution is -0.462. The molecule has 0 heterocycles. The number of nitro groups is 1. The van der Waals surface area contributed by atoms with Gasteiger partial charge in [0.15, 0.2) is 0 Å². The number of nitrogens with zero attached hydrogens (tertiary/aromatic N) is 2. The Labute approximate surface area is 70.6 Å². The summed E-state index contributed by atoms with van der Waals surface area (Å²) >= 11 is 0. The lowest BCUT2D eigenvalue weighted by Crippen LogP contribution is -2.01. The Morgan fingerprint density at radius 3 is 2.92 bits per heavy atom. The molecule has 0 aliphatic carbocycles. The lowest BCUT2D eigenvalue weighted by atomic mass is 10.3. The van der Waals surface area contributed by atoms with Crippen LogP contribution in [0.5, 0.6) is 0 Å². The fraction of sp³-hybridized carbons (Fsp3) is 0.571. The Kier molecular flexibility index (Phi) is 5.81. The summed E-state index contributed by atoms with van der Waals surface area (Å²) in [6.07, 6.45) is 4.12. The van der Waals surface area contributed by atoms with Crippen molar-refractivity contribution in [2.45, 2.75) is 19.4 Å². The molecule has 0 aliphatic rings. The third-order valence-corrected chi connectivity index (χ3v) is 1.15. The predicted octanol–water partition coefficient (Wildman–Crippen LogP) is 0.618. The van der Waals surface area contributed by atoms with E-state index in [0.717, 1.165) is 0 Å². The largest absolute Gasteiger partial charge is 0.389 e. The zero-order valence-corrected chi connectivity index (χ0v) is 6.88. The maximum atomic E-state index is 9.79. The first-order valence-electron chi connectivity index (χ1n) is 3.65. The normalized spacial score (nSPS) is 14.2. The van der Waals surface area contributed by atoms with Gasteiger partial charge in [0.25, 0.3) is 0 Å². The molecular formula is C7H12N2O3. The van der Waals surface area contributed by atoms with Gasteiger partial charge in [-0.2, -0.15) is 0 Å². The van der Waals surface area contributed by atoms with Crippen molar-refractivity contribution in [1.29, 1.82) is 0 Å². The fourth-order valence-electron chi connectivity index (χ4n) is 0.460. The third kappa shape index (κ3) is 6.88. The van der Waals surface area contributed by atoms with Crippen LogP contribution in [0.3, 0.4) is 0 Å². The highest BCUT2D eigenvalue weighted by atomic mass is 16.6. The molecule has 0 amide bonds. The van der Waals surface area contributed by atoms with Gasteiger partial charge in [-0.25, -0.2) is 0 Å². The van der Waals surface area contributed by atoms with Crippen molar-refractivity contribution in [2.75, 3.05) is 6.54 Å². The summed E-state index contributed by atoms with van der Waals surface area (Å²) in [5.74, 6) is 0. The molecule has 12 heavy (non-hydrogen) atoms. The number of hydrogen-bond donors (Lipinski definition) is 1. The van der Waals surface area contributed by atoms with E-state index < -0.39 is 11.0 Å². The molecule has 0 rings (SSSR count). The third-order valence-electron chi connectivity index (χ3n) is 1.15. The molecule has 1 N–H and O–H groups in total. The molecule has 0 aliphatic heterocycles. The maximum Gasteiger partial charge on any atom is 0.238 e. The first-order chi connectivity index (χ1) is 5.66. The van der Waals surface area contributed by atoms with E-state index in [0.29, 0.717) is 6.42 Å². The van der Waals surface area contributed by atoms with Gasteiger partial charge < -0.3 is 5.11 Å². The van der Waals surface area contributed by atoms with Crippen LogP contribution in [0.4, 0.5) is 0 Å². The second-order valence-corrected chi connectivity index (χ2v) is 2.16. The molecule has 0 fully saturated rings. The van der Waals surface area contributed by atoms with Gasteiger partial charge in [0.2, 0.25) is 6.54 Å². The van der Waals surface area contributed by atoms with Crippen LogP contribution in [0.25, 0.3) is 0 Å². The van der Waals surface area contributed by atoms with Crippen molar-refractivity contribution >= 4 is 6.21 Å². The molecule has 0 bridgehead atoms. The molecule has 0 spiro atoms. The number of aliphatic hydroxyl groups excluding tert-OH is 1. The Morgan fingerprint density at radius 2 is 2.42 bits per heavy atom. The van der Waals surface area contributed by atoms with Crippen molar-refractivity contribution in [1.82, 2.24) is 0 Å². The summed E-state index contributed by atoms with van der Waals surface area (Å²) in [6.45, 7) is 1.54. The van der Waals surface area contributed by atoms with E-state index in [1.165, 1.54) is 18.5 Å². The van der Waals surface area contributed by atoms with Crippen molar-refractivity contribution in [3.63, 3.8) is 0 Å². The van der Waals surface area contributed by atoms with E-state index >= 15 is 0 Å². The maximum absolute atomic E-state index is 9.79. The molecule has 68 valence electrons. The topological polar surface area (TPSA) is 75.7 Å². The number of rotatable bonds is 5. The van der Waals surface area contributed by atoms with E-state index in [4.69, 9.17) is 5.11 Å². The van der Waals surface area contributed by atoms with Gasteiger partial charge in [-0.15, -0.1) is 0 Å². The van der Waals surface area contributed by atoms with Crippen LogP contribution < -0.4 is 0 Å². The molecule has 0 saturated carbocycles. The molecule has 0 aromatic heterocycles. The summed E-state index contributed by atoms with van der Waals surface area (Å²) in [4.78, 5) is 12.9. The Hall–Kier alpha value is -1.23. The van der Waals surface area contributed by atoms with Crippen LogP contribution >= 0.6 is 0 Å². The number of aliphatic imine (C=N–C) groups is 1. The van der Waals surface area contributed by atoms with E-state index in [1.807, 2.05) is 6.92 Å². The summed E-state index contributed by atoms with van der Waals surface area (Å²) < 4.78 is 0. The molecule has 1 unspecified atom stereocenters. The molecule has 0 saturated heterocycles. The summed E-state index contributed by atoms with van der Waals surface area (Å²) in [6, 6.07) is 0. The van der Waals surface area contributed by atoms with Gasteiger partial charge in [-0.1, -0.05) is 6.92 Å². The second kappa shape index (κ2) is 6.48. The molecular weight excluding hydrogens is 160 g/mol. The predicted molar refractivity (Wildman–Crippen MR) is 45.8 cm³/mol. The molecule has 1 atom stereocenters. The highest BCUT2D eigenvalue weighted by molar-refractivity contribution is 5.58. The molecule has 5 nitrogen and oxygen atoms in total. The van der Waals surface area contributed by atoms with Gasteiger partial charge in [0, 0.05) is 11.1 Å². The van der Waals surface area contributed by atoms with E-state index in [2.05, 4.69) is 4.99 Å². The molecule has 0 aromatic rings. The first kappa shape index (κ1) is 10.8. The van der Waals surface area contributed by atoms with Crippen molar-refractivity contribution in [3.05, 3.63) is 22.4 Å².